The molecule has 0 spiro atoms. The van der Waals surface area contributed by atoms with Crippen molar-refractivity contribution < 1.29 is 23.2 Å². The number of carbonyl (C=O) groups excluding carboxylic acids is 2. The van der Waals surface area contributed by atoms with Crippen LogP contribution in [0.5, 0.6) is 0 Å². The number of nitrogens with zero attached hydrogens (tertiary/aromatic N) is 2. The van der Waals surface area contributed by atoms with Crippen LogP contribution in [-0.2, 0) is 14.8 Å². The fraction of sp³-hybridized carbons (Fsp3) is 0.344. The molecule has 0 bridgehead atoms. The van der Waals surface area contributed by atoms with E-state index in [-0.39, 0.29) is 17.6 Å². The Morgan fingerprint density at radius 1 is 1.05 bits per heavy atom. The molecule has 3 aromatic rings. The van der Waals surface area contributed by atoms with Gasteiger partial charge in [-0.25, -0.2) is 13.1 Å². The first-order chi connectivity index (χ1) is 21.0. The minimum absolute atomic E-state index is 0.0194. The number of nitrogens with one attached hydrogen (secondary N) is 2. The summed E-state index contributed by atoms with van der Waals surface area (Å²) >= 11 is 6.25. The number of sulfonamides is 1. The van der Waals surface area contributed by atoms with Gasteiger partial charge in [-0.15, -0.1) is 0 Å². The van der Waals surface area contributed by atoms with Crippen LogP contribution >= 0.6 is 11.6 Å². The van der Waals surface area contributed by atoms with E-state index in [1.54, 1.807) is 59.5 Å². The number of oxime groups is 1. The van der Waals surface area contributed by atoms with E-state index in [2.05, 4.69) is 15.2 Å². The molecule has 2 aliphatic rings. The van der Waals surface area contributed by atoms with Crippen LogP contribution < -0.4 is 15.8 Å². The summed E-state index contributed by atoms with van der Waals surface area (Å²) in [5, 5.41) is 15.7. The number of hydrogen-bond donors (Lipinski definition) is 4. The molecular formula is C32H36ClN5O5S. The van der Waals surface area contributed by atoms with E-state index in [1.807, 2.05) is 25.1 Å². The summed E-state index contributed by atoms with van der Waals surface area (Å²) in [6.45, 7) is 1.86. The topological polar surface area (TPSA) is 154 Å². The minimum atomic E-state index is -3.56. The SMILES string of the molecule is CC(NC(=O)[C@@H]1c2ccccc2C(=O)N([C@H]2CCCC[C@@H]2NS(C)(=O)=O)[C@H]1c1ccc(Cl)cc1)c1ccc(/C(N)=N/O)cc1. The van der Waals surface area contributed by atoms with Gasteiger partial charge in [0, 0.05) is 28.2 Å². The molecule has 1 heterocycles. The zero-order valence-corrected chi connectivity index (χ0v) is 26.1. The Bertz CT molecular complexity index is 1660. The molecular weight excluding hydrogens is 602 g/mol. The quantitative estimate of drug-likeness (QED) is 0.124. The second-order valence-corrected chi connectivity index (χ2v) is 13.7. The minimum Gasteiger partial charge on any atom is -0.409 e. The fourth-order valence-corrected chi connectivity index (χ4v) is 7.41. The Morgan fingerprint density at radius 3 is 2.36 bits per heavy atom. The summed E-state index contributed by atoms with van der Waals surface area (Å²) < 4.78 is 27.5. The molecule has 2 amide bonds. The normalized spacial score (nSPS) is 23.1. The lowest BCUT2D eigenvalue weighted by Crippen LogP contribution is -2.59. The first-order valence-corrected chi connectivity index (χ1v) is 16.8. The molecule has 0 saturated heterocycles. The molecule has 5 atom stereocenters. The molecule has 1 aliphatic carbocycles. The van der Waals surface area contributed by atoms with Crippen molar-refractivity contribution in [3.05, 3.63) is 106 Å². The van der Waals surface area contributed by atoms with E-state index in [9.17, 15) is 18.0 Å². The standard InChI is InChI=1S/C32H36ClN5O5S/c1-19(20-11-13-22(14-12-20)30(34)36-41)35-31(39)28-24-7-3-4-8-25(24)32(40)38(29(28)21-15-17-23(33)18-16-21)27-10-6-5-9-26(27)37-44(2,42)43/h3-4,7-8,11-19,26-29,37,41H,5-6,9-10H2,1-2H3,(H2,34,36)(H,35,39)/t19?,26-,27-,28+,29-/m0/s1. The van der Waals surface area contributed by atoms with E-state index in [1.165, 1.54) is 0 Å². The van der Waals surface area contributed by atoms with Crippen LogP contribution in [0, 0.1) is 0 Å². The number of halogens is 1. The van der Waals surface area contributed by atoms with Crippen LogP contribution in [-0.4, -0.2) is 54.5 Å². The maximum atomic E-state index is 14.4. The van der Waals surface area contributed by atoms with Gasteiger partial charge in [0.15, 0.2) is 5.84 Å². The predicted octanol–water partition coefficient (Wildman–Crippen LogP) is 4.45. The third-order valence-corrected chi connectivity index (χ3v) is 9.48. The lowest BCUT2D eigenvalue weighted by atomic mass is 9.76. The van der Waals surface area contributed by atoms with Crippen molar-refractivity contribution in [2.24, 2.45) is 10.9 Å². The molecule has 0 aromatic heterocycles. The van der Waals surface area contributed by atoms with Crippen LogP contribution in [0.3, 0.4) is 0 Å². The van der Waals surface area contributed by atoms with Gasteiger partial charge >= 0.3 is 0 Å². The summed E-state index contributed by atoms with van der Waals surface area (Å²) in [5.41, 5.74) is 8.78. The van der Waals surface area contributed by atoms with Gasteiger partial charge in [-0.3, -0.25) is 9.59 Å². The molecule has 0 radical (unpaired) electrons. The highest BCUT2D eigenvalue weighted by molar-refractivity contribution is 7.88. The smallest absolute Gasteiger partial charge is 0.255 e. The molecule has 1 aliphatic heterocycles. The monoisotopic (exact) mass is 637 g/mol. The van der Waals surface area contributed by atoms with Gasteiger partial charge in [0.25, 0.3) is 5.91 Å². The molecule has 5 rings (SSSR count). The van der Waals surface area contributed by atoms with E-state index in [0.717, 1.165) is 30.2 Å². The Balaban J connectivity index is 1.59. The van der Waals surface area contributed by atoms with Gasteiger partial charge in [-0.1, -0.05) is 84.2 Å². The first-order valence-electron chi connectivity index (χ1n) is 14.5. The van der Waals surface area contributed by atoms with Crippen LogP contribution in [0.1, 0.15) is 83.2 Å². The lowest BCUT2D eigenvalue weighted by molar-refractivity contribution is -0.125. The zero-order chi connectivity index (χ0) is 31.6. The summed E-state index contributed by atoms with van der Waals surface area (Å²) in [4.78, 5) is 30.5. The van der Waals surface area contributed by atoms with Crippen molar-refractivity contribution in [1.29, 1.82) is 0 Å². The number of nitrogens with two attached hydrogens (primary N) is 1. The van der Waals surface area contributed by atoms with E-state index >= 15 is 0 Å². The maximum Gasteiger partial charge on any atom is 0.255 e. The van der Waals surface area contributed by atoms with E-state index < -0.39 is 40.1 Å². The number of fused-ring (bicyclic) bond motifs is 1. The predicted molar refractivity (Wildman–Crippen MR) is 169 cm³/mol. The van der Waals surface area contributed by atoms with Crippen molar-refractivity contribution >= 4 is 39.3 Å². The van der Waals surface area contributed by atoms with Crippen LogP contribution in [0.4, 0.5) is 0 Å². The molecule has 1 fully saturated rings. The summed E-state index contributed by atoms with van der Waals surface area (Å²) in [6.07, 6.45) is 3.93. The van der Waals surface area contributed by atoms with Crippen LogP contribution in [0.15, 0.2) is 78.0 Å². The Hall–Kier alpha value is -3.93. The van der Waals surface area contributed by atoms with Crippen molar-refractivity contribution in [3.8, 4) is 0 Å². The van der Waals surface area contributed by atoms with Gasteiger partial charge in [-0.05, 0) is 54.7 Å². The number of amides is 2. The highest BCUT2D eigenvalue weighted by Crippen LogP contribution is 2.46. The van der Waals surface area contributed by atoms with E-state index in [4.69, 9.17) is 22.5 Å². The molecule has 5 N–H and O–H groups in total. The lowest BCUT2D eigenvalue weighted by Gasteiger charge is -2.49. The third-order valence-electron chi connectivity index (χ3n) is 8.50. The Kier molecular flexibility index (Phi) is 9.28. The molecule has 44 heavy (non-hydrogen) atoms. The second kappa shape index (κ2) is 13.0. The van der Waals surface area contributed by atoms with Gasteiger partial charge in [0.2, 0.25) is 15.9 Å². The number of benzene rings is 3. The van der Waals surface area contributed by atoms with E-state index in [0.29, 0.717) is 34.6 Å². The zero-order valence-electron chi connectivity index (χ0n) is 24.5. The number of rotatable bonds is 8. The molecule has 10 nitrogen and oxygen atoms in total. The second-order valence-electron chi connectivity index (χ2n) is 11.5. The van der Waals surface area contributed by atoms with Crippen molar-refractivity contribution in [1.82, 2.24) is 14.9 Å². The fourth-order valence-electron chi connectivity index (χ4n) is 6.46. The Morgan fingerprint density at radius 2 is 1.70 bits per heavy atom. The van der Waals surface area contributed by atoms with Crippen LogP contribution in [0.25, 0.3) is 0 Å². The van der Waals surface area contributed by atoms with Crippen molar-refractivity contribution in [2.75, 3.05) is 6.26 Å². The molecule has 12 heteroatoms. The van der Waals surface area contributed by atoms with Gasteiger partial charge in [-0.2, -0.15) is 0 Å². The molecule has 232 valence electrons. The van der Waals surface area contributed by atoms with Gasteiger partial charge in [0.1, 0.15) is 0 Å². The number of carbonyl (C=O) groups is 2. The van der Waals surface area contributed by atoms with Crippen molar-refractivity contribution in [2.45, 2.75) is 62.7 Å². The van der Waals surface area contributed by atoms with Gasteiger partial charge in [0.05, 0.1) is 24.3 Å². The van der Waals surface area contributed by atoms with Gasteiger partial charge < -0.3 is 21.2 Å². The highest BCUT2D eigenvalue weighted by atomic mass is 35.5. The largest absolute Gasteiger partial charge is 0.409 e. The molecule has 1 unspecified atom stereocenters. The average Bonchev–Trinajstić information content (AvgIpc) is 3.00. The molecule has 1 saturated carbocycles. The van der Waals surface area contributed by atoms with Crippen molar-refractivity contribution in [3.63, 3.8) is 0 Å². The number of hydrogen-bond acceptors (Lipinski definition) is 6. The summed E-state index contributed by atoms with van der Waals surface area (Å²) in [6, 6.07) is 19.1. The molecule has 3 aromatic carbocycles. The summed E-state index contributed by atoms with van der Waals surface area (Å²) in [7, 11) is -3.56. The maximum absolute atomic E-state index is 14.4. The third kappa shape index (κ3) is 6.59. The first kappa shape index (κ1) is 31.5. The highest BCUT2D eigenvalue weighted by Gasteiger charge is 2.49. The Labute approximate surface area is 262 Å². The van der Waals surface area contributed by atoms with Crippen LogP contribution in [0.2, 0.25) is 5.02 Å². The average molecular weight is 638 g/mol. The number of amidine groups is 1. The summed E-state index contributed by atoms with van der Waals surface area (Å²) in [5.74, 6) is -1.35.